The van der Waals surface area contributed by atoms with Gasteiger partial charge in [0, 0.05) is 51.8 Å². The van der Waals surface area contributed by atoms with Gasteiger partial charge in [0.1, 0.15) is 6.04 Å². The second-order valence-electron chi connectivity index (χ2n) is 11.2. The summed E-state index contributed by atoms with van der Waals surface area (Å²) in [5, 5.41) is 4.22. The average Bonchev–Trinajstić information content (AvgIpc) is 3.54. The van der Waals surface area contributed by atoms with E-state index in [0.717, 1.165) is 27.7 Å². The van der Waals surface area contributed by atoms with Crippen molar-refractivity contribution in [2.75, 3.05) is 6.54 Å². The fourth-order valence-electron chi connectivity index (χ4n) is 4.83. The average molecular weight is 553 g/mol. The molecule has 1 aliphatic heterocycles. The van der Waals surface area contributed by atoms with Crippen LogP contribution in [0.1, 0.15) is 115 Å². The first kappa shape index (κ1) is 12.8. The minimum atomic E-state index is -3.90. The molecule has 3 rings (SSSR count). The molecule has 0 bridgehead atoms. The third-order valence-electron chi connectivity index (χ3n) is 6.70. The molecule has 1 unspecified atom stereocenters. The van der Waals surface area contributed by atoms with Gasteiger partial charge in [0.25, 0.3) is 5.91 Å². The molecule has 0 aromatic heterocycles. The summed E-state index contributed by atoms with van der Waals surface area (Å²) >= 11 is 0. The summed E-state index contributed by atoms with van der Waals surface area (Å²) in [5.74, 6) is -19.8. The molecule has 214 valence electrons. The molecule has 2 aliphatic carbocycles. The van der Waals surface area contributed by atoms with Crippen LogP contribution in [0.25, 0.3) is 0 Å². The molecule has 1 saturated heterocycles. The normalized spacial score (nSPS) is 45.4. The standard InChI is InChI=1S/C29H48N4O5/c1-15-10-16(11-15)12-17(22(35)24(30)36)13-19(34)21-20-18(29(20,8)9)14-33(21)25(37)23(27(2,3)4)31-26(38)32-28(5,6)7/h15-18,20-21,23H,10-14H2,1-9H3,(H2,30,36)(H2,31,32,38)/t15?,16?,17?,18-,20-,21+,23+/m0/s1/i2D3,5D3,8D3,9D3,10D2,11D2,12D2,15D,16D. The summed E-state index contributed by atoms with van der Waals surface area (Å²) in [5.41, 5.74) is -1.88. The van der Waals surface area contributed by atoms with Crippen LogP contribution in [0.15, 0.2) is 0 Å². The topological polar surface area (TPSA) is 139 Å². The van der Waals surface area contributed by atoms with E-state index in [1.54, 1.807) is 0 Å². The van der Waals surface area contributed by atoms with Crippen LogP contribution in [-0.4, -0.2) is 58.5 Å². The zero-order valence-electron chi connectivity index (χ0n) is 41.9. The van der Waals surface area contributed by atoms with Crippen LogP contribution in [0.5, 0.6) is 0 Å². The van der Waals surface area contributed by atoms with E-state index >= 15 is 0 Å². The van der Waals surface area contributed by atoms with Crippen molar-refractivity contribution < 1.29 is 51.4 Å². The molecule has 0 aromatic rings. The highest BCUT2D eigenvalue weighted by atomic mass is 16.2. The van der Waals surface area contributed by atoms with E-state index in [0.29, 0.717) is 11.8 Å². The molecular formula is C29H48N4O5. The second-order valence-corrected chi connectivity index (χ2v) is 11.2. The predicted octanol–water partition coefficient (Wildman–Crippen LogP) is 3.05. The summed E-state index contributed by atoms with van der Waals surface area (Å²) in [6.07, 6.45) is -12.4. The van der Waals surface area contributed by atoms with Crippen molar-refractivity contribution >= 4 is 29.4 Å². The lowest BCUT2D eigenvalue weighted by atomic mass is 9.70. The first-order valence-corrected chi connectivity index (χ1v) is 12.0. The number of likely N-dealkylation sites (tertiary alicyclic amines) is 1. The molecule has 0 radical (unpaired) electrons. The third kappa shape index (κ3) is 6.40. The van der Waals surface area contributed by atoms with E-state index in [9.17, 15) is 24.0 Å². The molecule has 2 saturated carbocycles. The Morgan fingerprint density at radius 2 is 1.84 bits per heavy atom. The Labute approximate surface area is 255 Å². The number of carbonyl (C=O) groups excluding carboxylic acids is 5. The Morgan fingerprint density at radius 3 is 2.39 bits per heavy atom. The van der Waals surface area contributed by atoms with E-state index < -0.39 is 147 Å². The highest BCUT2D eigenvalue weighted by Crippen LogP contribution is 2.65. The van der Waals surface area contributed by atoms with Crippen molar-refractivity contribution in [1.82, 2.24) is 15.5 Å². The van der Waals surface area contributed by atoms with Gasteiger partial charge in [0.05, 0.1) is 6.04 Å². The van der Waals surface area contributed by atoms with Gasteiger partial charge in [-0.05, 0) is 74.3 Å². The lowest BCUT2D eigenvalue weighted by Gasteiger charge is -2.38. The molecule has 1 heterocycles. The number of carbonyl (C=O) groups is 5. The van der Waals surface area contributed by atoms with E-state index in [2.05, 4.69) is 10.6 Å². The maximum absolute atomic E-state index is 14.6. The van der Waals surface area contributed by atoms with Crippen LogP contribution in [0.3, 0.4) is 0 Å². The van der Waals surface area contributed by atoms with Gasteiger partial charge in [0.2, 0.25) is 11.7 Å². The predicted molar refractivity (Wildman–Crippen MR) is 145 cm³/mol. The molecule has 3 aliphatic rings. The first-order valence-electron chi connectivity index (χ1n) is 22.0. The van der Waals surface area contributed by atoms with Gasteiger partial charge in [-0.1, -0.05) is 41.3 Å². The van der Waals surface area contributed by atoms with Gasteiger partial charge in [-0.2, -0.15) is 0 Å². The Bertz CT molecular complexity index is 1700. The lowest BCUT2D eigenvalue weighted by Crippen LogP contribution is -2.60. The van der Waals surface area contributed by atoms with Crippen molar-refractivity contribution in [2.45, 2.75) is 105 Å². The number of nitrogens with one attached hydrogen (secondary N) is 2. The van der Waals surface area contributed by atoms with Crippen molar-refractivity contribution in [3.8, 4) is 0 Å². The molecule has 38 heavy (non-hydrogen) atoms. The van der Waals surface area contributed by atoms with Gasteiger partial charge < -0.3 is 21.3 Å². The van der Waals surface area contributed by atoms with Gasteiger partial charge in [-0.25, -0.2) is 4.79 Å². The van der Waals surface area contributed by atoms with Crippen LogP contribution in [-0.2, 0) is 19.2 Å². The number of urea groups is 1. The Hall–Kier alpha value is -2.45. The number of hydrogen-bond acceptors (Lipinski definition) is 5. The number of piperidine rings is 1. The molecule has 0 spiro atoms. The molecular weight excluding hydrogens is 484 g/mol. The third-order valence-corrected chi connectivity index (χ3v) is 6.70. The minimum Gasteiger partial charge on any atom is -0.363 e. The van der Waals surface area contributed by atoms with Crippen LogP contribution >= 0.6 is 0 Å². The Kier molecular flexibility index (Phi) is 3.46. The summed E-state index contributed by atoms with van der Waals surface area (Å²) < 4.78 is 165. The smallest absolute Gasteiger partial charge is 0.315 e. The SMILES string of the molecule is [2H]C([2H])([2H])C(C)(C)NC(=O)N[C@H](C(=O)N1C[C@H]2[C@@H]([C@H]1C(=O)CC(C(=O)C(N)=O)C([2H])([2H])C1([2H])C([2H])([2H])C([2H])(C)C1([2H])[2H])C2(C([2H])([2H])[2H])C([2H])([2H])[2H])C(C)(C)C([2H])([2H])[2H]. The molecule has 9 nitrogen and oxygen atoms in total. The maximum Gasteiger partial charge on any atom is 0.315 e. The van der Waals surface area contributed by atoms with Crippen molar-refractivity contribution in [1.29, 1.82) is 0 Å². The number of rotatable bonds is 9. The summed E-state index contributed by atoms with van der Waals surface area (Å²) in [7, 11) is 0. The fraction of sp³-hybridized carbons (Fsp3) is 0.828. The number of nitrogens with zero attached hydrogens (tertiary/aromatic N) is 1. The number of hydrogen-bond donors (Lipinski definition) is 3. The monoisotopic (exact) mass is 552 g/mol. The maximum atomic E-state index is 14.6. The lowest BCUT2D eigenvalue weighted by molar-refractivity contribution is -0.144. The van der Waals surface area contributed by atoms with E-state index in [-0.39, 0.29) is 0 Å². The highest BCUT2D eigenvalue weighted by Gasteiger charge is 2.69. The van der Waals surface area contributed by atoms with E-state index in [1.807, 2.05) is 0 Å². The molecule has 5 atom stereocenters. The van der Waals surface area contributed by atoms with Gasteiger partial charge >= 0.3 is 6.03 Å². The largest absolute Gasteiger partial charge is 0.363 e. The molecule has 4 N–H and O–H groups in total. The summed E-state index contributed by atoms with van der Waals surface area (Å²) in [6, 6.07) is -5.94. The minimum absolute atomic E-state index is 0.529. The number of nitrogens with two attached hydrogens (primary N) is 1. The second kappa shape index (κ2) is 10.3. The molecule has 3 fully saturated rings. The summed E-state index contributed by atoms with van der Waals surface area (Å²) in [4.78, 5) is 68.7. The van der Waals surface area contributed by atoms with E-state index in [4.69, 9.17) is 33.1 Å². The van der Waals surface area contributed by atoms with Crippen LogP contribution < -0.4 is 16.4 Å². The number of ketones is 2. The molecule has 0 aromatic carbocycles. The zero-order chi connectivity index (χ0) is 46.2. The Balaban J connectivity index is 2.28. The number of Topliss-reactive ketones (excluding diaryl/α,β-unsaturated/α-hetero) is 2. The van der Waals surface area contributed by atoms with Gasteiger partial charge in [-0.15, -0.1) is 0 Å². The highest BCUT2D eigenvalue weighted by molar-refractivity contribution is 6.36. The van der Waals surface area contributed by atoms with Crippen molar-refractivity contribution in [3.63, 3.8) is 0 Å². The van der Waals surface area contributed by atoms with E-state index in [1.165, 1.54) is 0 Å². The first-order chi connectivity index (χ1) is 25.2. The quantitative estimate of drug-likeness (QED) is 0.377. The van der Waals surface area contributed by atoms with Crippen molar-refractivity contribution in [3.05, 3.63) is 0 Å². The number of primary amides is 1. The van der Waals surface area contributed by atoms with Crippen LogP contribution in [0.4, 0.5) is 4.79 Å². The van der Waals surface area contributed by atoms with Gasteiger partial charge in [-0.3, -0.25) is 19.2 Å². The van der Waals surface area contributed by atoms with Gasteiger partial charge in [0.15, 0.2) is 5.78 Å². The number of amides is 4. The van der Waals surface area contributed by atoms with Crippen molar-refractivity contribution in [2.24, 2.45) is 46.1 Å². The molecule has 9 heteroatoms. The summed E-state index contributed by atoms with van der Waals surface area (Å²) in [6.45, 7) is -8.83. The fourth-order valence-corrected chi connectivity index (χ4v) is 4.83. The molecule has 4 amide bonds. The van der Waals surface area contributed by atoms with Crippen LogP contribution in [0.2, 0.25) is 0 Å². The van der Waals surface area contributed by atoms with Crippen LogP contribution in [0, 0.1) is 40.4 Å². The zero-order valence-corrected chi connectivity index (χ0v) is 21.9. The number of fused-ring (bicyclic) bond motifs is 1. The Morgan fingerprint density at radius 1 is 1.18 bits per heavy atom.